The second-order valence-corrected chi connectivity index (χ2v) is 7.20. The van der Waals surface area contributed by atoms with Gasteiger partial charge in [-0.25, -0.2) is 0 Å². The molecule has 2 N–H and O–H groups in total. The number of hydrogen-bond donors (Lipinski definition) is 2. The van der Waals surface area contributed by atoms with Crippen molar-refractivity contribution in [3.8, 4) is 0 Å². The van der Waals surface area contributed by atoms with Crippen molar-refractivity contribution in [2.45, 2.75) is 71.5 Å². The first-order chi connectivity index (χ1) is 12.6. The molecule has 2 rings (SSSR count). The normalized spacial score (nSPS) is 15.4. The average molecular weight is 486 g/mol. The number of rotatable bonds is 9. The van der Waals surface area contributed by atoms with E-state index in [0.29, 0.717) is 12.5 Å². The van der Waals surface area contributed by atoms with Gasteiger partial charge >= 0.3 is 0 Å². The zero-order chi connectivity index (χ0) is 18.8. The van der Waals surface area contributed by atoms with Crippen molar-refractivity contribution in [3.63, 3.8) is 0 Å². The Hall–Kier alpha value is -1.31. The molecule has 1 saturated heterocycles. The summed E-state index contributed by atoms with van der Waals surface area (Å²) in [5.74, 6) is 1.12. The fourth-order valence-electron chi connectivity index (χ4n) is 3.24. The monoisotopic (exact) mass is 486 g/mol. The summed E-state index contributed by atoms with van der Waals surface area (Å²) in [7, 11) is 1.81. The van der Waals surface area contributed by atoms with Gasteiger partial charge < -0.3 is 15.5 Å². The van der Waals surface area contributed by atoms with Gasteiger partial charge in [-0.15, -0.1) is 24.0 Å². The highest BCUT2D eigenvalue weighted by atomic mass is 127. The van der Waals surface area contributed by atoms with Gasteiger partial charge in [0.05, 0.1) is 0 Å². The summed E-state index contributed by atoms with van der Waals surface area (Å²) in [6.45, 7) is 6.79. The van der Waals surface area contributed by atoms with E-state index >= 15 is 0 Å². The maximum Gasteiger partial charge on any atom is 0.222 e. The maximum absolute atomic E-state index is 11.7. The van der Waals surface area contributed by atoms with Crippen LogP contribution in [0, 0.1) is 0 Å². The lowest BCUT2D eigenvalue weighted by atomic mass is 10.1. The van der Waals surface area contributed by atoms with E-state index in [1.54, 1.807) is 0 Å². The molecule has 0 radical (unpaired) electrons. The van der Waals surface area contributed by atoms with E-state index in [4.69, 9.17) is 0 Å². The molecule has 1 unspecified atom stereocenters. The zero-order valence-electron chi connectivity index (χ0n) is 17.0. The van der Waals surface area contributed by atoms with Crippen molar-refractivity contribution in [1.82, 2.24) is 15.5 Å². The summed E-state index contributed by atoms with van der Waals surface area (Å²) in [6, 6.07) is 8.91. The molecule has 0 saturated carbocycles. The van der Waals surface area contributed by atoms with Gasteiger partial charge in [-0.05, 0) is 30.9 Å². The van der Waals surface area contributed by atoms with Crippen LogP contribution >= 0.6 is 24.0 Å². The highest BCUT2D eigenvalue weighted by Crippen LogP contribution is 2.14. The van der Waals surface area contributed by atoms with E-state index in [1.807, 2.05) is 11.9 Å². The minimum absolute atomic E-state index is 0. The van der Waals surface area contributed by atoms with Crippen molar-refractivity contribution in [3.05, 3.63) is 35.4 Å². The number of nitrogens with zero attached hydrogens (tertiary/aromatic N) is 2. The summed E-state index contributed by atoms with van der Waals surface area (Å²) in [6.07, 6.45) is 6.64. The van der Waals surface area contributed by atoms with Crippen LogP contribution in [-0.2, 0) is 17.9 Å². The number of amides is 1. The Morgan fingerprint density at radius 2 is 1.93 bits per heavy atom. The number of aliphatic imine (C=N–C) groups is 1. The number of guanidine groups is 1. The van der Waals surface area contributed by atoms with Gasteiger partial charge in [-0.1, -0.05) is 50.5 Å². The number of carbonyl (C=O) groups excluding carboxylic acids is 1. The molecule has 0 aliphatic carbocycles. The van der Waals surface area contributed by atoms with Crippen LogP contribution in [0.3, 0.4) is 0 Å². The molecule has 1 heterocycles. The molecule has 1 fully saturated rings. The molecular weight excluding hydrogens is 451 g/mol. The second kappa shape index (κ2) is 13.0. The topological polar surface area (TPSA) is 56.7 Å². The summed E-state index contributed by atoms with van der Waals surface area (Å²) in [4.78, 5) is 18.0. The summed E-state index contributed by atoms with van der Waals surface area (Å²) in [5.41, 5.74) is 2.40. The van der Waals surface area contributed by atoms with Gasteiger partial charge in [-0.3, -0.25) is 9.79 Å². The lowest BCUT2D eigenvalue weighted by molar-refractivity contribution is -0.128. The van der Waals surface area contributed by atoms with Crippen LogP contribution in [0.2, 0.25) is 0 Å². The largest absolute Gasteiger partial charge is 0.354 e. The lowest BCUT2D eigenvalue weighted by Gasteiger charge is -2.18. The number of hydrogen-bond acceptors (Lipinski definition) is 2. The molecule has 1 amide bonds. The number of unbranched alkanes of at least 4 members (excludes halogenated alkanes) is 2. The second-order valence-electron chi connectivity index (χ2n) is 7.20. The summed E-state index contributed by atoms with van der Waals surface area (Å²) < 4.78 is 0. The van der Waals surface area contributed by atoms with Gasteiger partial charge in [0.15, 0.2) is 5.96 Å². The third-order valence-corrected chi connectivity index (χ3v) is 4.88. The van der Waals surface area contributed by atoms with Crippen molar-refractivity contribution in [2.75, 3.05) is 13.6 Å². The van der Waals surface area contributed by atoms with E-state index in [0.717, 1.165) is 32.0 Å². The van der Waals surface area contributed by atoms with E-state index in [1.165, 1.54) is 36.8 Å². The quantitative estimate of drug-likeness (QED) is 0.240. The fourth-order valence-corrected chi connectivity index (χ4v) is 3.24. The molecule has 27 heavy (non-hydrogen) atoms. The predicted octanol–water partition coefficient (Wildman–Crippen LogP) is 4.06. The molecule has 0 aromatic heterocycles. The predicted molar refractivity (Wildman–Crippen MR) is 123 cm³/mol. The summed E-state index contributed by atoms with van der Waals surface area (Å²) in [5, 5.41) is 6.84. The molecule has 6 heteroatoms. The van der Waals surface area contributed by atoms with Gasteiger partial charge in [0.25, 0.3) is 0 Å². The van der Waals surface area contributed by atoms with Crippen LogP contribution in [0.4, 0.5) is 0 Å². The molecule has 152 valence electrons. The highest BCUT2D eigenvalue weighted by Gasteiger charge is 2.19. The van der Waals surface area contributed by atoms with E-state index in [-0.39, 0.29) is 29.9 Å². The SMILES string of the molecule is CCCCCC(C)NC(=NC)NCc1ccc(CN2CCCC2=O)cc1.I. The van der Waals surface area contributed by atoms with Crippen LogP contribution in [0.1, 0.15) is 63.5 Å². The first-order valence-electron chi connectivity index (χ1n) is 9.95. The van der Waals surface area contributed by atoms with Crippen molar-refractivity contribution in [1.29, 1.82) is 0 Å². The lowest BCUT2D eigenvalue weighted by Crippen LogP contribution is -2.41. The highest BCUT2D eigenvalue weighted by molar-refractivity contribution is 14.0. The van der Waals surface area contributed by atoms with Crippen molar-refractivity contribution < 1.29 is 4.79 Å². The number of benzene rings is 1. The maximum atomic E-state index is 11.7. The Balaban J connectivity index is 0.00000364. The van der Waals surface area contributed by atoms with Crippen molar-refractivity contribution >= 4 is 35.8 Å². The molecule has 1 aliphatic heterocycles. The Bertz CT molecular complexity index is 588. The number of nitrogens with one attached hydrogen (secondary N) is 2. The molecule has 1 atom stereocenters. The van der Waals surface area contributed by atoms with Crippen LogP contribution in [0.25, 0.3) is 0 Å². The zero-order valence-corrected chi connectivity index (χ0v) is 19.3. The first kappa shape index (κ1) is 23.7. The summed E-state index contributed by atoms with van der Waals surface area (Å²) >= 11 is 0. The van der Waals surface area contributed by atoms with Gasteiger partial charge in [-0.2, -0.15) is 0 Å². The molecular formula is C21H35IN4O. The van der Waals surface area contributed by atoms with Gasteiger partial charge in [0.2, 0.25) is 5.91 Å². The van der Waals surface area contributed by atoms with Gasteiger partial charge in [0.1, 0.15) is 0 Å². The number of carbonyl (C=O) groups is 1. The molecule has 1 aromatic carbocycles. The average Bonchev–Trinajstić information content (AvgIpc) is 3.04. The molecule has 1 aliphatic rings. The van der Waals surface area contributed by atoms with E-state index in [2.05, 4.69) is 53.7 Å². The molecule has 0 spiro atoms. The van der Waals surface area contributed by atoms with Crippen LogP contribution in [0.5, 0.6) is 0 Å². The van der Waals surface area contributed by atoms with Crippen LogP contribution in [-0.4, -0.2) is 36.4 Å². The fraction of sp³-hybridized carbons (Fsp3) is 0.619. The van der Waals surface area contributed by atoms with Crippen LogP contribution in [0.15, 0.2) is 29.3 Å². The van der Waals surface area contributed by atoms with E-state index in [9.17, 15) is 4.79 Å². The minimum atomic E-state index is 0. The smallest absolute Gasteiger partial charge is 0.222 e. The molecule has 0 bridgehead atoms. The van der Waals surface area contributed by atoms with Crippen LogP contribution < -0.4 is 10.6 Å². The Labute approximate surface area is 181 Å². The Kier molecular flexibility index (Phi) is 11.4. The third kappa shape index (κ3) is 8.49. The Morgan fingerprint density at radius 3 is 2.52 bits per heavy atom. The standard InChI is InChI=1S/C21H34N4O.HI/c1-4-5-6-8-17(2)24-21(22-3)23-15-18-10-12-19(13-11-18)16-25-14-7-9-20(25)26;/h10-13,17H,4-9,14-16H2,1-3H3,(H2,22,23,24);1H. The molecule has 1 aromatic rings. The van der Waals surface area contributed by atoms with E-state index < -0.39 is 0 Å². The minimum Gasteiger partial charge on any atom is -0.354 e. The molecule has 5 nitrogen and oxygen atoms in total. The number of halogens is 1. The van der Waals surface area contributed by atoms with Crippen molar-refractivity contribution in [2.24, 2.45) is 4.99 Å². The Morgan fingerprint density at radius 1 is 1.22 bits per heavy atom. The third-order valence-electron chi connectivity index (χ3n) is 4.88. The first-order valence-corrected chi connectivity index (χ1v) is 9.95. The number of likely N-dealkylation sites (tertiary alicyclic amines) is 1. The van der Waals surface area contributed by atoms with Gasteiger partial charge in [0, 0.05) is 39.1 Å².